The van der Waals surface area contributed by atoms with Gasteiger partial charge in [0, 0.05) is 18.0 Å². The van der Waals surface area contributed by atoms with Crippen LogP contribution in [0.4, 0.5) is 0 Å². The van der Waals surface area contributed by atoms with Crippen molar-refractivity contribution in [3.63, 3.8) is 0 Å². The number of nitrogens with zero attached hydrogens (tertiary/aromatic N) is 2. The minimum absolute atomic E-state index is 0.259. The lowest BCUT2D eigenvalue weighted by molar-refractivity contribution is 0.307. The van der Waals surface area contributed by atoms with Crippen molar-refractivity contribution >= 4 is 16.7 Å². The third-order valence-corrected chi connectivity index (χ3v) is 2.82. The quantitative estimate of drug-likeness (QED) is 0.274. The number of oxime groups is 1. The normalized spacial score (nSPS) is 11.7. The molecule has 19 heavy (non-hydrogen) atoms. The summed E-state index contributed by atoms with van der Waals surface area (Å²) in [5, 5.41) is 12.4. The molecule has 0 fully saturated rings. The average Bonchev–Trinajstić information content (AvgIpc) is 2.46. The van der Waals surface area contributed by atoms with E-state index in [-0.39, 0.29) is 5.84 Å². The van der Waals surface area contributed by atoms with E-state index in [2.05, 4.69) is 10.1 Å². The highest BCUT2D eigenvalue weighted by atomic mass is 16.5. The molecule has 5 nitrogen and oxygen atoms in total. The Hall–Kier alpha value is -2.30. The molecule has 5 heteroatoms. The molecule has 0 saturated carbocycles. The lowest BCUT2D eigenvalue weighted by Crippen LogP contribution is -2.11. The third-order valence-electron chi connectivity index (χ3n) is 2.82. The van der Waals surface area contributed by atoms with Crippen molar-refractivity contribution in [1.29, 1.82) is 0 Å². The fourth-order valence-corrected chi connectivity index (χ4v) is 1.84. The number of pyridine rings is 1. The monoisotopic (exact) mass is 259 g/mol. The number of nitrogens with two attached hydrogens (primary N) is 1. The number of hydrogen-bond donors (Lipinski definition) is 2. The van der Waals surface area contributed by atoms with Gasteiger partial charge < -0.3 is 15.7 Å². The highest BCUT2D eigenvalue weighted by Crippen LogP contribution is 2.23. The zero-order chi connectivity index (χ0) is 13.5. The van der Waals surface area contributed by atoms with Crippen LogP contribution in [0.3, 0.4) is 0 Å². The molecule has 0 aliphatic carbocycles. The summed E-state index contributed by atoms with van der Waals surface area (Å²) in [5.41, 5.74) is 6.32. The van der Waals surface area contributed by atoms with Gasteiger partial charge in [-0.25, -0.2) is 0 Å². The Morgan fingerprint density at radius 3 is 3.00 bits per heavy atom. The largest absolute Gasteiger partial charge is 0.493 e. The Morgan fingerprint density at radius 2 is 2.16 bits per heavy atom. The highest BCUT2D eigenvalue weighted by molar-refractivity contribution is 5.84. The summed E-state index contributed by atoms with van der Waals surface area (Å²) < 4.78 is 5.75. The van der Waals surface area contributed by atoms with Gasteiger partial charge in [-0.3, -0.25) is 4.98 Å². The van der Waals surface area contributed by atoms with E-state index in [4.69, 9.17) is 15.7 Å². The minimum Gasteiger partial charge on any atom is -0.493 e. The van der Waals surface area contributed by atoms with Crippen molar-refractivity contribution in [3.05, 3.63) is 36.5 Å². The van der Waals surface area contributed by atoms with E-state index in [9.17, 15) is 0 Å². The van der Waals surface area contributed by atoms with Crippen molar-refractivity contribution in [2.45, 2.75) is 19.3 Å². The molecular formula is C14H17N3O2. The molecule has 0 aliphatic rings. The van der Waals surface area contributed by atoms with E-state index in [0.29, 0.717) is 13.0 Å². The first-order valence-electron chi connectivity index (χ1n) is 6.24. The molecule has 0 radical (unpaired) electrons. The van der Waals surface area contributed by atoms with Gasteiger partial charge in [0.15, 0.2) is 0 Å². The van der Waals surface area contributed by atoms with Crippen LogP contribution < -0.4 is 10.5 Å². The molecule has 100 valence electrons. The van der Waals surface area contributed by atoms with Crippen LogP contribution in [-0.4, -0.2) is 22.6 Å². The van der Waals surface area contributed by atoms with E-state index in [1.807, 2.05) is 30.3 Å². The Labute approximate surface area is 111 Å². The Bertz CT molecular complexity index is 564. The molecule has 0 saturated heterocycles. The molecule has 0 bridgehead atoms. The number of unbranched alkanes of at least 4 members (excludes halogenated alkanes) is 1. The number of rotatable bonds is 6. The van der Waals surface area contributed by atoms with Crippen molar-refractivity contribution in [2.24, 2.45) is 10.9 Å². The fourth-order valence-electron chi connectivity index (χ4n) is 1.84. The zero-order valence-electron chi connectivity index (χ0n) is 10.6. The molecule has 2 rings (SSSR count). The maximum Gasteiger partial charge on any atom is 0.139 e. The van der Waals surface area contributed by atoms with Gasteiger partial charge in [0.25, 0.3) is 0 Å². The van der Waals surface area contributed by atoms with E-state index in [0.717, 1.165) is 29.5 Å². The van der Waals surface area contributed by atoms with Gasteiger partial charge in [0.05, 0.1) is 12.1 Å². The molecule has 3 N–H and O–H groups in total. The summed E-state index contributed by atoms with van der Waals surface area (Å²) in [6.07, 6.45) is 4.03. The van der Waals surface area contributed by atoms with Crippen LogP contribution in [-0.2, 0) is 0 Å². The summed E-state index contributed by atoms with van der Waals surface area (Å²) in [4.78, 5) is 4.28. The van der Waals surface area contributed by atoms with E-state index in [1.54, 1.807) is 6.20 Å². The molecule has 0 unspecified atom stereocenters. The highest BCUT2D eigenvalue weighted by Gasteiger charge is 2.02. The number of fused-ring (bicyclic) bond motifs is 1. The first kappa shape index (κ1) is 13.1. The second-order valence-corrected chi connectivity index (χ2v) is 4.22. The first-order chi connectivity index (χ1) is 9.31. The molecule has 0 spiro atoms. The molecule has 0 aliphatic heterocycles. The fraction of sp³-hybridized carbons (Fsp3) is 0.286. The van der Waals surface area contributed by atoms with Gasteiger partial charge >= 0.3 is 0 Å². The Kier molecular flexibility index (Phi) is 4.55. The SMILES string of the molecule is N/C(CCCCOc1cccc2ncccc12)=N/O. The van der Waals surface area contributed by atoms with Gasteiger partial charge in [0.2, 0.25) is 0 Å². The standard InChI is InChI=1S/C14H17N3O2/c15-14(17-18)8-1-2-10-19-13-7-3-6-12-11(13)5-4-9-16-12/h3-7,9,18H,1-2,8,10H2,(H2,15,17). The van der Waals surface area contributed by atoms with Gasteiger partial charge in [-0.15, -0.1) is 0 Å². The van der Waals surface area contributed by atoms with Crippen LogP contribution in [0.25, 0.3) is 10.9 Å². The lowest BCUT2D eigenvalue weighted by Gasteiger charge is -2.08. The molecule has 1 aromatic heterocycles. The first-order valence-corrected chi connectivity index (χ1v) is 6.24. The second kappa shape index (κ2) is 6.58. The average molecular weight is 259 g/mol. The van der Waals surface area contributed by atoms with Crippen molar-refractivity contribution in [3.8, 4) is 5.75 Å². The van der Waals surface area contributed by atoms with Gasteiger partial charge in [-0.05, 0) is 37.1 Å². The van der Waals surface area contributed by atoms with Gasteiger partial charge in [-0.2, -0.15) is 0 Å². The summed E-state index contributed by atoms with van der Waals surface area (Å²) in [6, 6.07) is 9.72. The Balaban J connectivity index is 1.88. The smallest absolute Gasteiger partial charge is 0.139 e. The minimum atomic E-state index is 0.259. The maximum absolute atomic E-state index is 8.41. The third kappa shape index (κ3) is 3.58. The van der Waals surface area contributed by atoms with E-state index < -0.39 is 0 Å². The topological polar surface area (TPSA) is 80.7 Å². The van der Waals surface area contributed by atoms with Crippen molar-refractivity contribution in [2.75, 3.05) is 6.61 Å². The predicted molar refractivity (Wildman–Crippen MR) is 74.5 cm³/mol. The Morgan fingerprint density at radius 1 is 1.26 bits per heavy atom. The predicted octanol–water partition coefficient (Wildman–Crippen LogP) is 2.53. The molecule has 0 atom stereocenters. The number of hydrogen-bond acceptors (Lipinski definition) is 4. The van der Waals surface area contributed by atoms with E-state index in [1.165, 1.54) is 0 Å². The van der Waals surface area contributed by atoms with Crippen LogP contribution in [0.5, 0.6) is 5.75 Å². The molecule has 0 amide bonds. The lowest BCUT2D eigenvalue weighted by atomic mass is 10.2. The number of benzene rings is 1. The van der Waals surface area contributed by atoms with Crippen molar-refractivity contribution in [1.82, 2.24) is 4.98 Å². The van der Waals surface area contributed by atoms with Gasteiger partial charge in [0.1, 0.15) is 11.6 Å². The van der Waals surface area contributed by atoms with Crippen LogP contribution >= 0.6 is 0 Å². The van der Waals surface area contributed by atoms with Crippen LogP contribution in [0.15, 0.2) is 41.7 Å². The second-order valence-electron chi connectivity index (χ2n) is 4.22. The molecular weight excluding hydrogens is 242 g/mol. The van der Waals surface area contributed by atoms with Crippen LogP contribution in [0.1, 0.15) is 19.3 Å². The van der Waals surface area contributed by atoms with Crippen molar-refractivity contribution < 1.29 is 9.94 Å². The summed E-state index contributed by atoms with van der Waals surface area (Å²) in [7, 11) is 0. The van der Waals surface area contributed by atoms with Gasteiger partial charge in [-0.1, -0.05) is 11.2 Å². The van der Waals surface area contributed by atoms with E-state index >= 15 is 0 Å². The maximum atomic E-state index is 8.41. The number of amidine groups is 1. The molecule has 2 aromatic rings. The summed E-state index contributed by atoms with van der Waals surface area (Å²) in [6.45, 7) is 0.604. The molecule has 1 heterocycles. The zero-order valence-corrected chi connectivity index (χ0v) is 10.6. The van der Waals surface area contributed by atoms with Crippen LogP contribution in [0.2, 0.25) is 0 Å². The summed E-state index contributed by atoms with van der Waals surface area (Å²) in [5.74, 6) is 1.10. The van der Waals surface area contributed by atoms with Crippen LogP contribution in [0, 0.1) is 0 Å². The molecule has 1 aromatic carbocycles. The summed E-state index contributed by atoms with van der Waals surface area (Å²) >= 11 is 0. The number of ether oxygens (including phenoxy) is 1. The number of aromatic nitrogens is 1.